The molecule has 78 valence electrons. The van der Waals surface area contributed by atoms with E-state index in [1.165, 1.54) is 6.07 Å². The van der Waals surface area contributed by atoms with Crippen LogP contribution in [0, 0.1) is 12.8 Å². The van der Waals surface area contributed by atoms with E-state index < -0.39 is 0 Å². The fraction of sp³-hybridized carbons (Fsp3) is 0.636. The van der Waals surface area contributed by atoms with Gasteiger partial charge in [0.05, 0.1) is 0 Å². The fourth-order valence-corrected chi connectivity index (χ4v) is 1.65. The largest absolute Gasteiger partial charge is 0.310 e. The summed E-state index contributed by atoms with van der Waals surface area (Å²) in [5.74, 6) is 1.75. The van der Waals surface area contributed by atoms with E-state index in [1.807, 2.05) is 6.92 Å². The predicted octanol–water partition coefficient (Wildman–Crippen LogP) is 2.23. The lowest BCUT2D eigenvalue weighted by Gasteiger charge is -2.13. The van der Waals surface area contributed by atoms with E-state index in [1.54, 1.807) is 0 Å². The van der Waals surface area contributed by atoms with Gasteiger partial charge in [0, 0.05) is 17.7 Å². The third kappa shape index (κ3) is 2.98. The van der Waals surface area contributed by atoms with Gasteiger partial charge in [-0.05, 0) is 19.3 Å². The van der Waals surface area contributed by atoms with Gasteiger partial charge in [0.15, 0.2) is 0 Å². The minimum absolute atomic E-state index is 0.0527. The quantitative estimate of drug-likeness (QED) is 0.802. The van der Waals surface area contributed by atoms with Gasteiger partial charge in [0.25, 0.3) is 5.56 Å². The molecule has 3 nitrogen and oxygen atoms in total. The molecule has 1 heterocycles. The first-order chi connectivity index (χ1) is 6.49. The highest BCUT2D eigenvalue weighted by molar-refractivity contribution is 5.03. The zero-order valence-corrected chi connectivity index (χ0v) is 9.29. The van der Waals surface area contributed by atoms with E-state index in [2.05, 4.69) is 30.7 Å². The van der Waals surface area contributed by atoms with Gasteiger partial charge >= 0.3 is 0 Å². The highest BCUT2D eigenvalue weighted by atomic mass is 16.1. The lowest BCUT2D eigenvalue weighted by Crippen LogP contribution is -2.14. The van der Waals surface area contributed by atoms with Gasteiger partial charge in [-0.15, -0.1) is 0 Å². The van der Waals surface area contributed by atoms with E-state index in [-0.39, 0.29) is 5.56 Å². The molecular weight excluding hydrogens is 176 g/mol. The summed E-state index contributed by atoms with van der Waals surface area (Å²) in [6.07, 6.45) is 1.05. The number of nitrogens with one attached hydrogen (secondary N) is 1. The Morgan fingerprint density at radius 2 is 2.07 bits per heavy atom. The zero-order valence-electron chi connectivity index (χ0n) is 9.29. The van der Waals surface area contributed by atoms with Crippen LogP contribution < -0.4 is 5.56 Å². The number of nitrogens with zero attached hydrogens (tertiary/aromatic N) is 1. The van der Waals surface area contributed by atoms with Crippen LogP contribution in [0.3, 0.4) is 0 Å². The Labute approximate surface area is 84.6 Å². The summed E-state index contributed by atoms with van der Waals surface area (Å²) in [6.45, 7) is 8.29. The first-order valence-electron chi connectivity index (χ1n) is 5.07. The van der Waals surface area contributed by atoms with Gasteiger partial charge in [-0.1, -0.05) is 20.8 Å². The number of hydrogen-bond acceptors (Lipinski definition) is 2. The molecule has 1 unspecified atom stereocenters. The lowest BCUT2D eigenvalue weighted by atomic mass is 9.98. The van der Waals surface area contributed by atoms with Crippen molar-refractivity contribution in [1.82, 2.24) is 9.97 Å². The van der Waals surface area contributed by atoms with Crippen molar-refractivity contribution in [3.63, 3.8) is 0 Å². The summed E-state index contributed by atoms with van der Waals surface area (Å²) in [7, 11) is 0. The van der Waals surface area contributed by atoms with Crippen molar-refractivity contribution in [2.45, 2.75) is 40.0 Å². The number of aromatic amines is 1. The van der Waals surface area contributed by atoms with Crippen LogP contribution >= 0.6 is 0 Å². The molecule has 0 saturated heterocycles. The molecule has 0 aliphatic heterocycles. The molecular formula is C11H18N2O. The van der Waals surface area contributed by atoms with Crippen molar-refractivity contribution in [3.8, 4) is 0 Å². The van der Waals surface area contributed by atoms with Crippen LogP contribution in [0.5, 0.6) is 0 Å². The van der Waals surface area contributed by atoms with E-state index in [4.69, 9.17) is 0 Å². The number of aryl methyl sites for hydroxylation is 1. The average molecular weight is 194 g/mol. The van der Waals surface area contributed by atoms with Crippen molar-refractivity contribution < 1.29 is 0 Å². The second-order valence-corrected chi connectivity index (χ2v) is 4.30. The first kappa shape index (κ1) is 11.0. The first-order valence-corrected chi connectivity index (χ1v) is 5.07. The molecule has 3 heteroatoms. The van der Waals surface area contributed by atoms with E-state index >= 15 is 0 Å². The summed E-state index contributed by atoms with van der Waals surface area (Å²) in [5.41, 5.74) is 0.738. The number of aromatic nitrogens is 2. The normalized spacial score (nSPS) is 13.2. The molecule has 1 atom stereocenters. The van der Waals surface area contributed by atoms with E-state index in [9.17, 15) is 4.79 Å². The molecule has 0 spiro atoms. The molecule has 0 aliphatic carbocycles. The molecule has 0 aliphatic rings. The van der Waals surface area contributed by atoms with E-state index in [0.717, 1.165) is 17.9 Å². The van der Waals surface area contributed by atoms with Gasteiger partial charge < -0.3 is 4.98 Å². The van der Waals surface area contributed by atoms with Gasteiger partial charge in [-0.2, -0.15) is 0 Å². The fourth-order valence-electron chi connectivity index (χ4n) is 1.65. The molecule has 1 aromatic heterocycles. The highest BCUT2D eigenvalue weighted by Gasteiger charge is 2.10. The maximum absolute atomic E-state index is 11.2. The van der Waals surface area contributed by atoms with Crippen molar-refractivity contribution in [3.05, 3.63) is 27.9 Å². The topological polar surface area (TPSA) is 45.8 Å². The van der Waals surface area contributed by atoms with Crippen LogP contribution in [0.4, 0.5) is 0 Å². The summed E-state index contributed by atoms with van der Waals surface area (Å²) < 4.78 is 0. The number of rotatable bonds is 3. The van der Waals surface area contributed by atoms with Crippen LogP contribution in [-0.4, -0.2) is 9.97 Å². The smallest absolute Gasteiger partial charge is 0.251 e. The SMILES string of the molecule is Cc1cc(=O)[nH]c(C(C)CC(C)C)n1. The molecule has 1 rings (SSSR count). The second kappa shape index (κ2) is 4.40. The Morgan fingerprint density at radius 1 is 1.43 bits per heavy atom. The van der Waals surface area contributed by atoms with Crippen molar-refractivity contribution in [1.29, 1.82) is 0 Å². The van der Waals surface area contributed by atoms with Gasteiger partial charge in [0.2, 0.25) is 0 Å². The average Bonchev–Trinajstić information content (AvgIpc) is 2.00. The molecule has 0 saturated carbocycles. The van der Waals surface area contributed by atoms with Crippen LogP contribution in [0.2, 0.25) is 0 Å². The number of H-pyrrole nitrogens is 1. The predicted molar refractivity (Wildman–Crippen MR) is 57.5 cm³/mol. The molecule has 0 aromatic carbocycles. The Hall–Kier alpha value is -1.12. The molecule has 0 fully saturated rings. The van der Waals surface area contributed by atoms with Gasteiger partial charge in [-0.25, -0.2) is 4.98 Å². The zero-order chi connectivity index (χ0) is 10.7. The molecule has 0 bridgehead atoms. The molecule has 1 aromatic rings. The summed E-state index contributed by atoms with van der Waals surface area (Å²) in [4.78, 5) is 18.3. The highest BCUT2D eigenvalue weighted by Crippen LogP contribution is 2.18. The van der Waals surface area contributed by atoms with Crippen molar-refractivity contribution >= 4 is 0 Å². The van der Waals surface area contributed by atoms with Crippen LogP contribution in [0.25, 0.3) is 0 Å². The molecule has 0 amide bonds. The lowest BCUT2D eigenvalue weighted by molar-refractivity contribution is 0.505. The van der Waals surface area contributed by atoms with Crippen LogP contribution in [0.15, 0.2) is 10.9 Å². The summed E-state index contributed by atoms with van der Waals surface area (Å²) >= 11 is 0. The van der Waals surface area contributed by atoms with E-state index in [0.29, 0.717) is 11.8 Å². The standard InChI is InChI=1S/C11H18N2O/c1-7(2)5-8(3)11-12-9(4)6-10(14)13-11/h6-8H,5H2,1-4H3,(H,12,13,14). The minimum atomic E-state index is -0.0527. The Morgan fingerprint density at radius 3 is 2.57 bits per heavy atom. The molecule has 0 radical (unpaired) electrons. The Bertz CT molecular complexity index is 355. The van der Waals surface area contributed by atoms with Gasteiger partial charge in [-0.3, -0.25) is 4.79 Å². The van der Waals surface area contributed by atoms with Crippen molar-refractivity contribution in [2.75, 3.05) is 0 Å². The maximum atomic E-state index is 11.2. The third-order valence-corrected chi connectivity index (χ3v) is 2.18. The monoisotopic (exact) mass is 194 g/mol. The summed E-state index contributed by atoms with van der Waals surface area (Å²) in [6, 6.07) is 1.52. The molecule has 1 N–H and O–H groups in total. The van der Waals surface area contributed by atoms with Crippen molar-refractivity contribution in [2.24, 2.45) is 5.92 Å². The van der Waals surface area contributed by atoms with Crippen LogP contribution in [-0.2, 0) is 0 Å². The minimum Gasteiger partial charge on any atom is -0.310 e. The van der Waals surface area contributed by atoms with Crippen LogP contribution in [0.1, 0.15) is 44.6 Å². The Balaban J connectivity index is 2.89. The number of hydrogen-bond donors (Lipinski definition) is 1. The maximum Gasteiger partial charge on any atom is 0.251 e. The Kier molecular flexibility index (Phi) is 3.44. The van der Waals surface area contributed by atoms with Gasteiger partial charge in [0.1, 0.15) is 5.82 Å². The summed E-state index contributed by atoms with van der Waals surface area (Å²) in [5, 5.41) is 0. The second-order valence-electron chi connectivity index (χ2n) is 4.30. The third-order valence-electron chi connectivity index (χ3n) is 2.18. The molecule has 14 heavy (non-hydrogen) atoms.